The Hall–Kier alpha value is -3.47. The number of ether oxygens (including phenoxy) is 4. The molecule has 2 aromatic carbocycles. The number of nitrogens with zero attached hydrogens (tertiary/aromatic N) is 2. The second-order valence-corrected chi connectivity index (χ2v) is 8.54. The quantitative estimate of drug-likeness (QED) is 0.399. The van der Waals surface area contributed by atoms with Gasteiger partial charge in [0.05, 0.1) is 46.1 Å². The summed E-state index contributed by atoms with van der Waals surface area (Å²) in [7, 11) is 2.28. The fraction of sp³-hybridized carbons (Fsp3) is 0.333. The van der Waals surface area contributed by atoms with Crippen LogP contribution >= 0.6 is 0 Å². The first-order valence-corrected chi connectivity index (χ1v) is 11.2. The van der Waals surface area contributed by atoms with Crippen LogP contribution in [0.2, 0.25) is 0 Å². The molecule has 0 aliphatic heterocycles. The van der Waals surface area contributed by atoms with Crippen LogP contribution in [0.3, 0.4) is 0 Å². The van der Waals surface area contributed by atoms with Crippen molar-refractivity contribution in [2.45, 2.75) is 6.92 Å². The summed E-state index contributed by atoms with van der Waals surface area (Å²) in [5.74, 6) is 1.08. The van der Waals surface area contributed by atoms with Crippen molar-refractivity contribution < 1.29 is 32.2 Å². The molecule has 1 amide bonds. The minimum absolute atomic E-state index is 0.166. The zero-order valence-corrected chi connectivity index (χ0v) is 19.4. The summed E-state index contributed by atoms with van der Waals surface area (Å²) in [4.78, 5) is 12.4. The van der Waals surface area contributed by atoms with Crippen LogP contribution in [-0.2, 0) is 14.8 Å². The lowest BCUT2D eigenvalue weighted by molar-refractivity contribution is -0.119. The van der Waals surface area contributed by atoms with Crippen molar-refractivity contribution in [3.63, 3.8) is 0 Å². The molecule has 2 rings (SSSR count). The first-order chi connectivity index (χ1) is 15.3. The molecule has 0 aromatic heterocycles. The molecule has 0 spiro atoms. The van der Waals surface area contributed by atoms with E-state index in [1.54, 1.807) is 36.4 Å². The molecule has 2 aromatic rings. The SMILES string of the molecule is CCS(=O)(=O)N(CC(=O)N/N=C\c1cc(OC)c(OC)c(OC)c1)c1ccc(OC)cc1. The molecule has 0 heterocycles. The summed E-state index contributed by atoms with van der Waals surface area (Å²) in [6, 6.07) is 9.68. The van der Waals surface area contributed by atoms with Gasteiger partial charge in [-0.1, -0.05) is 0 Å². The van der Waals surface area contributed by atoms with E-state index in [1.807, 2.05) is 0 Å². The zero-order chi connectivity index (χ0) is 23.7. The van der Waals surface area contributed by atoms with Crippen LogP contribution in [0.5, 0.6) is 23.0 Å². The Bertz CT molecular complexity index is 1030. The third kappa shape index (κ3) is 6.03. The maximum absolute atomic E-state index is 12.5. The van der Waals surface area contributed by atoms with Crippen LogP contribution in [0.15, 0.2) is 41.5 Å². The van der Waals surface area contributed by atoms with Gasteiger partial charge >= 0.3 is 0 Å². The van der Waals surface area contributed by atoms with Crippen LogP contribution in [0, 0.1) is 0 Å². The van der Waals surface area contributed by atoms with Crippen molar-refractivity contribution in [1.29, 1.82) is 0 Å². The Balaban J connectivity index is 2.17. The molecule has 174 valence electrons. The minimum atomic E-state index is -3.70. The van der Waals surface area contributed by atoms with Gasteiger partial charge in [0.25, 0.3) is 5.91 Å². The largest absolute Gasteiger partial charge is 0.497 e. The van der Waals surface area contributed by atoms with Crippen molar-refractivity contribution in [3.8, 4) is 23.0 Å². The molecule has 0 unspecified atom stereocenters. The number of carbonyl (C=O) groups is 1. The van der Waals surface area contributed by atoms with Gasteiger partial charge in [-0.3, -0.25) is 9.10 Å². The van der Waals surface area contributed by atoms with Gasteiger partial charge in [-0.05, 0) is 43.3 Å². The number of carbonyl (C=O) groups excluding carboxylic acids is 1. The van der Waals surface area contributed by atoms with Crippen molar-refractivity contribution in [3.05, 3.63) is 42.0 Å². The lowest BCUT2D eigenvalue weighted by atomic mass is 10.2. The standard InChI is InChI=1S/C21H27N3O7S/c1-6-32(26,27)24(16-7-9-17(28-2)10-8-16)14-20(25)23-22-13-15-11-18(29-3)21(31-5)19(12-15)30-4/h7-13H,6,14H2,1-5H3,(H,23,25)/b22-13-. The van der Waals surface area contributed by atoms with E-state index in [9.17, 15) is 13.2 Å². The number of hydrazone groups is 1. The van der Waals surface area contributed by atoms with Crippen molar-refractivity contribution in [2.75, 3.05) is 45.0 Å². The van der Waals surface area contributed by atoms with E-state index in [-0.39, 0.29) is 5.75 Å². The number of methoxy groups -OCH3 is 4. The molecular formula is C21H27N3O7S. The summed E-state index contributed by atoms with van der Waals surface area (Å²) in [5.41, 5.74) is 3.26. The molecule has 0 aliphatic carbocycles. The third-order valence-corrected chi connectivity index (χ3v) is 6.18. The number of rotatable bonds is 11. The summed E-state index contributed by atoms with van der Waals surface area (Å²) >= 11 is 0. The average molecular weight is 466 g/mol. The fourth-order valence-electron chi connectivity index (χ4n) is 2.78. The lowest BCUT2D eigenvalue weighted by Crippen LogP contribution is -2.40. The molecule has 10 nitrogen and oxygen atoms in total. The number of amides is 1. The van der Waals surface area contributed by atoms with Gasteiger partial charge in [-0.2, -0.15) is 5.10 Å². The van der Waals surface area contributed by atoms with Crippen LogP contribution in [-0.4, -0.2) is 61.3 Å². The fourth-order valence-corrected chi connectivity index (χ4v) is 3.84. The summed E-state index contributed by atoms with van der Waals surface area (Å²) in [5, 5.41) is 3.91. The average Bonchev–Trinajstić information content (AvgIpc) is 2.81. The van der Waals surface area contributed by atoms with E-state index in [0.717, 1.165) is 4.31 Å². The molecule has 0 atom stereocenters. The predicted octanol–water partition coefficient (Wildman–Crippen LogP) is 2.03. The Morgan fingerprint density at radius 2 is 1.59 bits per heavy atom. The van der Waals surface area contributed by atoms with E-state index in [4.69, 9.17) is 18.9 Å². The topological polar surface area (TPSA) is 116 Å². The molecule has 1 N–H and O–H groups in total. The molecule has 0 fully saturated rings. The highest BCUT2D eigenvalue weighted by Gasteiger charge is 2.23. The van der Waals surface area contributed by atoms with Crippen LogP contribution in [0.25, 0.3) is 0 Å². The molecule has 32 heavy (non-hydrogen) atoms. The molecule has 11 heteroatoms. The molecule has 0 saturated heterocycles. The number of sulfonamides is 1. The zero-order valence-electron chi connectivity index (χ0n) is 18.6. The van der Waals surface area contributed by atoms with E-state index >= 15 is 0 Å². The van der Waals surface area contributed by atoms with Gasteiger partial charge in [0.2, 0.25) is 15.8 Å². The Morgan fingerprint density at radius 1 is 1.00 bits per heavy atom. The summed E-state index contributed by atoms with van der Waals surface area (Å²) < 4.78 is 47.0. The summed E-state index contributed by atoms with van der Waals surface area (Å²) in [6.45, 7) is 1.07. The first kappa shape index (κ1) is 24.8. The lowest BCUT2D eigenvalue weighted by Gasteiger charge is -2.23. The van der Waals surface area contributed by atoms with Gasteiger partial charge in [-0.25, -0.2) is 13.8 Å². The molecule has 0 radical (unpaired) electrons. The highest BCUT2D eigenvalue weighted by molar-refractivity contribution is 7.92. The van der Waals surface area contributed by atoms with E-state index < -0.39 is 22.5 Å². The molecule has 0 saturated carbocycles. The number of hydrogen-bond donors (Lipinski definition) is 1. The van der Waals surface area contributed by atoms with Crippen LogP contribution < -0.4 is 28.7 Å². The first-order valence-electron chi connectivity index (χ1n) is 9.56. The Kier molecular flexibility index (Phi) is 8.71. The Morgan fingerprint density at radius 3 is 2.06 bits per heavy atom. The molecule has 0 aliphatic rings. The van der Waals surface area contributed by atoms with Crippen molar-refractivity contribution in [1.82, 2.24) is 5.43 Å². The van der Waals surface area contributed by atoms with Gasteiger partial charge in [0.1, 0.15) is 12.3 Å². The second-order valence-electron chi connectivity index (χ2n) is 6.36. The second kappa shape index (κ2) is 11.2. The maximum Gasteiger partial charge on any atom is 0.260 e. The normalized spacial score (nSPS) is 11.2. The number of nitrogens with one attached hydrogen (secondary N) is 1. The number of benzene rings is 2. The van der Waals surface area contributed by atoms with Crippen LogP contribution in [0.4, 0.5) is 5.69 Å². The highest BCUT2D eigenvalue weighted by atomic mass is 32.2. The van der Waals surface area contributed by atoms with Crippen LogP contribution in [0.1, 0.15) is 12.5 Å². The predicted molar refractivity (Wildman–Crippen MR) is 122 cm³/mol. The molecule has 0 bridgehead atoms. The molecular weight excluding hydrogens is 438 g/mol. The van der Waals surface area contributed by atoms with Gasteiger partial charge in [0.15, 0.2) is 11.5 Å². The smallest absolute Gasteiger partial charge is 0.260 e. The van der Waals surface area contributed by atoms with Crippen molar-refractivity contribution >= 4 is 27.8 Å². The Labute approximate surface area is 187 Å². The highest BCUT2D eigenvalue weighted by Crippen LogP contribution is 2.37. The minimum Gasteiger partial charge on any atom is -0.497 e. The third-order valence-electron chi connectivity index (χ3n) is 4.44. The maximum atomic E-state index is 12.5. The number of hydrogen-bond acceptors (Lipinski definition) is 8. The monoisotopic (exact) mass is 465 g/mol. The van der Waals surface area contributed by atoms with Gasteiger partial charge in [0, 0.05) is 5.56 Å². The number of anilines is 1. The van der Waals surface area contributed by atoms with Gasteiger partial charge < -0.3 is 18.9 Å². The van der Waals surface area contributed by atoms with E-state index in [1.165, 1.54) is 41.6 Å². The van der Waals surface area contributed by atoms with Gasteiger partial charge in [-0.15, -0.1) is 0 Å². The van der Waals surface area contributed by atoms with E-state index in [0.29, 0.717) is 34.2 Å². The van der Waals surface area contributed by atoms with E-state index in [2.05, 4.69) is 10.5 Å². The van der Waals surface area contributed by atoms with Crippen molar-refractivity contribution in [2.24, 2.45) is 5.10 Å². The summed E-state index contributed by atoms with van der Waals surface area (Å²) in [6.07, 6.45) is 1.38.